The number of rotatable bonds is 4. The summed E-state index contributed by atoms with van der Waals surface area (Å²) in [7, 11) is 0. The summed E-state index contributed by atoms with van der Waals surface area (Å²) in [5.41, 5.74) is 0.904. The van der Waals surface area contributed by atoms with Crippen LogP contribution in [0.2, 0.25) is 5.28 Å². The maximum absolute atomic E-state index is 5.77. The lowest BCUT2D eigenvalue weighted by Crippen LogP contribution is -2.16. The Morgan fingerprint density at radius 1 is 1.47 bits per heavy atom. The van der Waals surface area contributed by atoms with Crippen LogP contribution < -0.4 is 5.32 Å². The van der Waals surface area contributed by atoms with Gasteiger partial charge in [0.2, 0.25) is 5.28 Å². The van der Waals surface area contributed by atoms with E-state index in [1.807, 2.05) is 13.0 Å². The topological polar surface area (TPSA) is 37.8 Å². The first-order chi connectivity index (χ1) is 7.24. The van der Waals surface area contributed by atoms with Crippen molar-refractivity contribution in [3.8, 4) is 0 Å². The zero-order valence-electron chi connectivity index (χ0n) is 8.96. The minimum atomic E-state index is 0.321. The smallest absolute Gasteiger partial charge is 0.224 e. The minimum Gasteiger partial charge on any atom is -0.370 e. The van der Waals surface area contributed by atoms with Crippen LogP contribution in [0.3, 0.4) is 0 Å². The highest BCUT2D eigenvalue weighted by molar-refractivity contribution is 6.28. The Hall–Kier alpha value is -0.830. The van der Waals surface area contributed by atoms with E-state index in [2.05, 4.69) is 15.3 Å². The maximum Gasteiger partial charge on any atom is 0.224 e. The molecular formula is C11H16ClN3. The van der Waals surface area contributed by atoms with Crippen LogP contribution in [-0.2, 0) is 0 Å². The molecule has 0 unspecified atom stereocenters. The van der Waals surface area contributed by atoms with Crippen molar-refractivity contribution in [2.24, 2.45) is 5.92 Å². The zero-order chi connectivity index (χ0) is 10.7. The molecule has 0 aromatic carbocycles. The molecule has 0 aliphatic heterocycles. The monoisotopic (exact) mass is 225 g/mol. The molecule has 0 spiro atoms. The Bertz CT molecular complexity index is 316. The highest BCUT2D eigenvalue weighted by Gasteiger charge is 2.16. The van der Waals surface area contributed by atoms with Gasteiger partial charge in [0.25, 0.3) is 0 Å². The van der Waals surface area contributed by atoms with Gasteiger partial charge in [-0.05, 0) is 30.9 Å². The van der Waals surface area contributed by atoms with Gasteiger partial charge in [-0.1, -0.05) is 19.3 Å². The molecule has 1 aliphatic rings. The summed E-state index contributed by atoms with van der Waals surface area (Å²) in [5.74, 6) is 1.77. The fraction of sp³-hybridized carbons (Fsp3) is 0.636. The summed E-state index contributed by atoms with van der Waals surface area (Å²) in [5, 5.41) is 3.61. The number of nitrogens with zero attached hydrogens (tertiary/aromatic N) is 2. The highest BCUT2D eigenvalue weighted by atomic mass is 35.5. The lowest BCUT2D eigenvalue weighted by molar-refractivity contribution is 0.303. The second kappa shape index (κ2) is 4.79. The highest BCUT2D eigenvalue weighted by Crippen LogP contribution is 2.29. The van der Waals surface area contributed by atoms with Crippen LogP contribution in [0.1, 0.15) is 31.4 Å². The van der Waals surface area contributed by atoms with Crippen molar-refractivity contribution in [2.45, 2.75) is 32.6 Å². The number of aromatic nitrogens is 2. The molecule has 0 radical (unpaired) electrons. The summed E-state index contributed by atoms with van der Waals surface area (Å²) in [4.78, 5) is 8.14. The third kappa shape index (κ3) is 3.06. The van der Waals surface area contributed by atoms with Gasteiger partial charge in [0.15, 0.2) is 0 Å². The van der Waals surface area contributed by atoms with Gasteiger partial charge in [0, 0.05) is 18.3 Å². The Morgan fingerprint density at radius 2 is 2.27 bits per heavy atom. The van der Waals surface area contributed by atoms with E-state index in [1.54, 1.807) is 0 Å². The average molecular weight is 226 g/mol. The molecule has 1 N–H and O–H groups in total. The third-order valence-electron chi connectivity index (χ3n) is 2.91. The van der Waals surface area contributed by atoms with E-state index in [0.29, 0.717) is 5.28 Å². The van der Waals surface area contributed by atoms with Crippen molar-refractivity contribution in [3.63, 3.8) is 0 Å². The van der Waals surface area contributed by atoms with Crippen LogP contribution in [0.5, 0.6) is 0 Å². The molecule has 1 aliphatic carbocycles. The third-order valence-corrected chi connectivity index (χ3v) is 3.08. The van der Waals surface area contributed by atoms with Gasteiger partial charge in [-0.25, -0.2) is 9.97 Å². The number of aryl methyl sites for hydroxylation is 1. The molecule has 1 aromatic rings. The van der Waals surface area contributed by atoms with Gasteiger partial charge in [0.05, 0.1) is 0 Å². The maximum atomic E-state index is 5.77. The van der Waals surface area contributed by atoms with Gasteiger partial charge in [-0.2, -0.15) is 0 Å². The van der Waals surface area contributed by atoms with E-state index in [9.17, 15) is 0 Å². The first kappa shape index (κ1) is 10.7. The van der Waals surface area contributed by atoms with Crippen LogP contribution in [0.15, 0.2) is 6.07 Å². The van der Waals surface area contributed by atoms with E-state index in [0.717, 1.165) is 24.0 Å². The zero-order valence-corrected chi connectivity index (χ0v) is 9.72. The quantitative estimate of drug-likeness (QED) is 0.801. The summed E-state index contributed by atoms with van der Waals surface area (Å²) < 4.78 is 0. The standard InChI is InChI=1S/C11H16ClN3/c1-8-7-10(15-11(12)14-8)13-6-5-9-3-2-4-9/h7,9H,2-6H2,1H3,(H,13,14,15). The molecule has 1 saturated carbocycles. The lowest BCUT2D eigenvalue weighted by Gasteiger charge is -2.25. The molecule has 0 bridgehead atoms. The normalized spacial score (nSPS) is 16.1. The molecule has 4 heteroatoms. The van der Waals surface area contributed by atoms with Crippen LogP contribution in [0.4, 0.5) is 5.82 Å². The van der Waals surface area contributed by atoms with Crippen molar-refractivity contribution >= 4 is 17.4 Å². The first-order valence-corrected chi connectivity index (χ1v) is 5.87. The SMILES string of the molecule is Cc1cc(NCCC2CCC2)nc(Cl)n1. The van der Waals surface area contributed by atoms with Crippen molar-refractivity contribution in [3.05, 3.63) is 17.0 Å². The van der Waals surface area contributed by atoms with Gasteiger partial charge in [0.1, 0.15) is 5.82 Å². The summed E-state index contributed by atoms with van der Waals surface area (Å²) in [6, 6.07) is 1.92. The Labute approximate surface area is 95.3 Å². The second-order valence-corrected chi connectivity index (χ2v) is 4.51. The Balaban J connectivity index is 1.81. The van der Waals surface area contributed by atoms with Crippen LogP contribution in [0, 0.1) is 12.8 Å². The van der Waals surface area contributed by atoms with Crippen LogP contribution in [0.25, 0.3) is 0 Å². The van der Waals surface area contributed by atoms with Gasteiger partial charge < -0.3 is 5.32 Å². The molecule has 1 aromatic heterocycles. The molecule has 0 saturated heterocycles. The van der Waals surface area contributed by atoms with E-state index in [1.165, 1.54) is 25.7 Å². The van der Waals surface area contributed by atoms with Gasteiger partial charge >= 0.3 is 0 Å². The van der Waals surface area contributed by atoms with E-state index < -0.39 is 0 Å². The van der Waals surface area contributed by atoms with Crippen LogP contribution in [-0.4, -0.2) is 16.5 Å². The molecule has 0 amide bonds. The molecule has 0 atom stereocenters. The molecule has 2 rings (SSSR count). The van der Waals surface area contributed by atoms with Crippen LogP contribution >= 0.6 is 11.6 Å². The molecule has 1 heterocycles. The average Bonchev–Trinajstić information content (AvgIpc) is 2.07. The fourth-order valence-electron chi connectivity index (χ4n) is 1.81. The number of nitrogens with one attached hydrogen (secondary N) is 1. The predicted molar refractivity (Wildman–Crippen MR) is 62.2 cm³/mol. The fourth-order valence-corrected chi connectivity index (χ4v) is 2.03. The van der Waals surface area contributed by atoms with Crippen molar-refractivity contribution < 1.29 is 0 Å². The number of hydrogen-bond donors (Lipinski definition) is 1. The van der Waals surface area contributed by atoms with Crippen molar-refractivity contribution in [1.29, 1.82) is 0 Å². The first-order valence-electron chi connectivity index (χ1n) is 5.49. The Morgan fingerprint density at radius 3 is 2.87 bits per heavy atom. The van der Waals surface area contributed by atoms with E-state index >= 15 is 0 Å². The van der Waals surface area contributed by atoms with Crippen molar-refractivity contribution in [1.82, 2.24) is 9.97 Å². The van der Waals surface area contributed by atoms with Gasteiger partial charge in [-0.3, -0.25) is 0 Å². The second-order valence-electron chi connectivity index (χ2n) is 4.18. The van der Waals surface area contributed by atoms with E-state index in [4.69, 9.17) is 11.6 Å². The molecule has 3 nitrogen and oxygen atoms in total. The largest absolute Gasteiger partial charge is 0.370 e. The molecule has 15 heavy (non-hydrogen) atoms. The Kier molecular flexibility index (Phi) is 3.41. The number of hydrogen-bond acceptors (Lipinski definition) is 3. The summed E-state index contributed by atoms with van der Waals surface area (Å²) in [6.07, 6.45) is 5.43. The lowest BCUT2D eigenvalue weighted by atomic mass is 9.83. The number of halogens is 1. The predicted octanol–water partition coefficient (Wildman–Crippen LogP) is 3.04. The van der Waals surface area contributed by atoms with Gasteiger partial charge in [-0.15, -0.1) is 0 Å². The number of anilines is 1. The van der Waals surface area contributed by atoms with E-state index in [-0.39, 0.29) is 0 Å². The molecule has 82 valence electrons. The molecular weight excluding hydrogens is 210 g/mol. The molecule has 1 fully saturated rings. The summed E-state index contributed by atoms with van der Waals surface area (Å²) >= 11 is 5.77. The minimum absolute atomic E-state index is 0.321. The summed E-state index contributed by atoms with van der Waals surface area (Å²) in [6.45, 7) is 2.90. The van der Waals surface area contributed by atoms with Crippen molar-refractivity contribution in [2.75, 3.05) is 11.9 Å².